The summed E-state index contributed by atoms with van der Waals surface area (Å²) in [6.07, 6.45) is 16.4. The summed E-state index contributed by atoms with van der Waals surface area (Å²) in [5.74, 6) is -1.50. The van der Waals surface area contributed by atoms with Gasteiger partial charge >= 0.3 is 5.97 Å². The summed E-state index contributed by atoms with van der Waals surface area (Å²) in [5.41, 5.74) is -1.34. The van der Waals surface area contributed by atoms with Crippen molar-refractivity contribution >= 4 is 11.8 Å². The predicted octanol–water partition coefficient (Wildman–Crippen LogP) is 6.92. The predicted molar refractivity (Wildman–Crippen MR) is 121 cm³/mol. The summed E-state index contributed by atoms with van der Waals surface area (Å²) < 4.78 is 0. The van der Waals surface area contributed by atoms with Gasteiger partial charge in [0.15, 0.2) is 0 Å². The topological polar surface area (TPSA) is 74.6 Å². The van der Waals surface area contributed by atoms with Crippen LogP contribution in [-0.4, -0.2) is 28.1 Å². The third-order valence-corrected chi connectivity index (χ3v) is 6.64. The Bertz CT molecular complexity index is 419. The number of rotatable bonds is 20. The molecule has 0 aromatic heterocycles. The largest absolute Gasteiger partial charge is 0.480 e. The first kappa shape index (κ1) is 28.1. The number of carboxylic acid groups (broad SMARTS) is 1. The van der Waals surface area contributed by atoms with Crippen LogP contribution in [0.5, 0.6) is 0 Å². The Morgan fingerprint density at radius 2 is 1.17 bits per heavy atom. The van der Waals surface area contributed by atoms with Gasteiger partial charge in [-0.15, -0.1) is 0 Å². The van der Waals surface area contributed by atoms with E-state index >= 15 is 0 Å². The van der Waals surface area contributed by atoms with Crippen molar-refractivity contribution in [1.82, 2.24) is 0 Å². The molecule has 0 aliphatic rings. The fourth-order valence-electron chi connectivity index (χ4n) is 4.20. The molecule has 0 heterocycles. The van der Waals surface area contributed by atoms with E-state index in [1.807, 2.05) is 0 Å². The van der Waals surface area contributed by atoms with Gasteiger partial charge in [0.1, 0.15) is 11.2 Å². The molecule has 2 N–H and O–H groups in total. The highest BCUT2D eigenvalue weighted by Crippen LogP contribution is 2.37. The fraction of sp³-hybridized carbons (Fsp3) is 0.920. The van der Waals surface area contributed by atoms with E-state index in [4.69, 9.17) is 0 Å². The lowest BCUT2D eigenvalue weighted by Crippen LogP contribution is -2.42. The van der Waals surface area contributed by atoms with Crippen molar-refractivity contribution in [3.05, 3.63) is 0 Å². The maximum absolute atomic E-state index is 12.2. The third kappa shape index (κ3) is 11.8. The molecule has 4 heteroatoms. The number of carbonyl (C=O) groups is 2. The van der Waals surface area contributed by atoms with Gasteiger partial charge < -0.3 is 10.2 Å². The smallest absolute Gasteiger partial charge is 0.317 e. The highest BCUT2D eigenvalue weighted by atomic mass is 16.4. The van der Waals surface area contributed by atoms with Gasteiger partial charge in [0, 0.05) is 0 Å². The quantitative estimate of drug-likeness (QED) is 0.168. The van der Waals surface area contributed by atoms with Crippen LogP contribution in [0.4, 0.5) is 0 Å². The van der Waals surface area contributed by atoms with E-state index in [1.54, 1.807) is 6.92 Å². The van der Waals surface area contributed by atoms with Gasteiger partial charge in [0.2, 0.25) is 0 Å². The van der Waals surface area contributed by atoms with Crippen LogP contribution in [0.3, 0.4) is 0 Å². The number of Topliss-reactive ketones (excluding diaryl/α,β-unsaturated/α-hetero) is 1. The highest BCUT2D eigenvalue weighted by Gasteiger charge is 2.45. The van der Waals surface area contributed by atoms with Crippen molar-refractivity contribution in [3.8, 4) is 0 Å². The van der Waals surface area contributed by atoms with Gasteiger partial charge in [-0.3, -0.25) is 9.59 Å². The zero-order valence-corrected chi connectivity index (χ0v) is 19.7. The Balaban J connectivity index is 4.60. The molecule has 3 unspecified atom stereocenters. The van der Waals surface area contributed by atoms with Gasteiger partial charge in [-0.1, -0.05) is 90.9 Å². The molecule has 3 atom stereocenters. The molecule has 0 radical (unpaired) electrons. The number of carboxylic acids is 1. The van der Waals surface area contributed by atoms with Crippen LogP contribution in [0.2, 0.25) is 0 Å². The van der Waals surface area contributed by atoms with Gasteiger partial charge in [-0.2, -0.15) is 0 Å². The fourth-order valence-corrected chi connectivity index (χ4v) is 4.20. The lowest BCUT2D eigenvalue weighted by atomic mass is 9.69. The summed E-state index contributed by atoms with van der Waals surface area (Å²) >= 11 is 0. The molecule has 29 heavy (non-hydrogen) atoms. The van der Waals surface area contributed by atoms with Gasteiger partial charge in [-0.05, 0) is 45.4 Å². The normalized spacial score (nSPS) is 15.6. The molecule has 0 aromatic rings. The summed E-state index contributed by atoms with van der Waals surface area (Å²) in [7, 11) is 0. The van der Waals surface area contributed by atoms with E-state index in [1.165, 1.54) is 58.3 Å². The number of aliphatic carboxylic acids is 1. The first-order chi connectivity index (χ1) is 13.8. The maximum Gasteiger partial charge on any atom is 0.317 e. The third-order valence-electron chi connectivity index (χ3n) is 6.64. The van der Waals surface area contributed by atoms with Crippen molar-refractivity contribution in [2.24, 2.45) is 11.3 Å². The number of carbonyl (C=O) groups excluding carboxylic acids is 1. The minimum absolute atomic E-state index is 0.206. The lowest BCUT2D eigenvalue weighted by molar-refractivity contribution is -0.157. The Morgan fingerprint density at radius 3 is 1.62 bits per heavy atom. The Labute approximate surface area is 179 Å². The zero-order valence-electron chi connectivity index (χ0n) is 19.7. The van der Waals surface area contributed by atoms with Crippen LogP contribution in [0.1, 0.15) is 130 Å². The van der Waals surface area contributed by atoms with E-state index in [2.05, 4.69) is 13.8 Å². The minimum Gasteiger partial charge on any atom is -0.480 e. The molecule has 0 aromatic carbocycles. The van der Waals surface area contributed by atoms with Crippen LogP contribution >= 0.6 is 0 Å². The molecular formula is C25H48O4. The van der Waals surface area contributed by atoms with E-state index in [-0.39, 0.29) is 11.7 Å². The first-order valence-corrected chi connectivity index (χ1v) is 12.2. The minimum atomic E-state index is -1.34. The average Bonchev–Trinajstić information content (AvgIpc) is 2.68. The van der Waals surface area contributed by atoms with Crippen molar-refractivity contribution in [2.45, 2.75) is 137 Å². The molecule has 4 nitrogen and oxygen atoms in total. The molecule has 0 amide bonds. The second-order valence-electron chi connectivity index (χ2n) is 9.10. The van der Waals surface area contributed by atoms with E-state index in [0.717, 1.165) is 38.5 Å². The number of ketones is 1. The monoisotopic (exact) mass is 412 g/mol. The van der Waals surface area contributed by atoms with Gasteiger partial charge in [-0.25, -0.2) is 0 Å². The molecular weight excluding hydrogens is 364 g/mol. The molecule has 0 fully saturated rings. The Hall–Kier alpha value is -0.900. The first-order valence-electron chi connectivity index (χ1n) is 12.2. The van der Waals surface area contributed by atoms with Gasteiger partial charge in [0.25, 0.3) is 0 Å². The Morgan fingerprint density at radius 1 is 0.724 bits per heavy atom. The molecule has 0 rings (SSSR count). The summed E-state index contributed by atoms with van der Waals surface area (Å²) in [6.45, 7) is 7.38. The SMILES string of the molecule is CCCCCCCCCC(CCC(O)CCCCCCC)C(C)(C(C)=O)C(=O)O. The maximum atomic E-state index is 12.2. The summed E-state index contributed by atoms with van der Waals surface area (Å²) in [4.78, 5) is 24.2. The number of hydrogen-bond donors (Lipinski definition) is 2. The molecule has 0 bridgehead atoms. The Kier molecular flexibility index (Phi) is 16.3. The number of hydrogen-bond acceptors (Lipinski definition) is 3. The summed E-state index contributed by atoms with van der Waals surface area (Å²) in [6, 6.07) is 0. The second-order valence-corrected chi connectivity index (χ2v) is 9.10. The summed E-state index contributed by atoms with van der Waals surface area (Å²) in [5, 5.41) is 20.1. The molecule has 0 saturated carbocycles. The standard InChI is InChI=1S/C25H48O4/c1-5-7-9-11-12-14-15-17-22(25(4,21(3)26)24(28)29)19-20-23(27)18-16-13-10-8-6-2/h22-23,27H,5-20H2,1-4H3,(H,28,29). The molecule has 0 aliphatic heterocycles. The van der Waals surface area contributed by atoms with Crippen molar-refractivity contribution < 1.29 is 19.8 Å². The van der Waals surface area contributed by atoms with E-state index in [0.29, 0.717) is 12.8 Å². The number of unbranched alkanes of at least 4 members (excludes halogenated alkanes) is 10. The zero-order chi connectivity index (χ0) is 22.1. The molecule has 0 saturated heterocycles. The molecule has 172 valence electrons. The van der Waals surface area contributed by atoms with Crippen molar-refractivity contribution in [3.63, 3.8) is 0 Å². The second kappa shape index (κ2) is 16.8. The number of aliphatic hydroxyl groups is 1. The van der Waals surface area contributed by atoms with Crippen LogP contribution in [0, 0.1) is 11.3 Å². The van der Waals surface area contributed by atoms with Crippen molar-refractivity contribution in [2.75, 3.05) is 0 Å². The van der Waals surface area contributed by atoms with Crippen LogP contribution in [0.25, 0.3) is 0 Å². The average molecular weight is 413 g/mol. The highest BCUT2D eigenvalue weighted by molar-refractivity contribution is 6.01. The number of aliphatic hydroxyl groups excluding tert-OH is 1. The molecule has 0 spiro atoms. The van der Waals surface area contributed by atoms with Crippen molar-refractivity contribution in [1.29, 1.82) is 0 Å². The van der Waals surface area contributed by atoms with E-state index < -0.39 is 17.5 Å². The molecule has 0 aliphatic carbocycles. The van der Waals surface area contributed by atoms with Crippen LogP contribution in [0.15, 0.2) is 0 Å². The van der Waals surface area contributed by atoms with Gasteiger partial charge in [0.05, 0.1) is 6.10 Å². The van der Waals surface area contributed by atoms with Crippen LogP contribution in [-0.2, 0) is 9.59 Å². The van der Waals surface area contributed by atoms with Crippen LogP contribution < -0.4 is 0 Å². The lowest BCUT2D eigenvalue weighted by Gasteiger charge is -2.32. The van der Waals surface area contributed by atoms with E-state index in [9.17, 15) is 19.8 Å².